The average Bonchev–Trinajstić information content (AvgIpc) is 3.02. The van der Waals surface area contributed by atoms with Gasteiger partial charge in [-0.25, -0.2) is 0 Å². The molecule has 0 radical (unpaired) electrons. The molecule has 1 heterocycles. The molecule has 1 aliphatic heterocycles. The van der Waals surface area contributed by atoms with Crippen molar-refractivity contribution in [1.29, 1.82) is 0 Å². The lowest BCUT2D eigenvalue weighted by Crippen LogP contribution is -2.02. The van der Waals surface area contributed by atoms with Crippen LogP contribution in [0.3, 0.4) is 0 Å². The van der Waals surface area contributed by atoms with Gasteiger partial charge in [0.1, 0.15) is 12.4 Å². The first-order valence-electron chi connectivity index (χ1n) is 6.98. The summed E-state index contributed by atoms with van der Waals surface area (Å²) in [5.74, 6) is 2.06. The topological polar surface area (TPSA) is 21.6 Å². The fraction of sp³-hybridized carbons (Fsp3) is 0.235. The van der Waals surface area contributed by atoms with E-state index in [-0.39, 0.29) is 0 Å². The van der Waals surface area contributed by atoms with Gasteiger partial charge in [0, 0.05) is 17.9 Å². The summed E-state index contributed by atoms with van der Waals surface area (Å²) in [5, 5.41) is 1.15. The normalized spacial score (nSPS) is 14.0. The minimum atomic E-state index is 0.599. The molecule has 0 aliphatic carbocycles. The molecule has 0 spiro atoms. The zero-order valence-electron chi connectivity index (χ0n) is 12.1. The molecule has 1 aliphatic rings. The van der Waals surface area contributed by atoms with E-state index in [4.69, 9.17) is 4.74 Å². The van der Waals surface area contributed by atoms with Crippen LogP contribution in [0.25, 0.3) is 0 Å². The smallest absolute Gasteiger partial charge is 0.146 e. The lowest BCUT2D eigenvalue weighted by molar-refractivity contribution is 0.301. The Morgan fingerprint density at radius 2 is 1.82 bits per heavy atom. The van der Waals surface area contributed by atoms with Crippen LogP contribution in [-0.2, 0) is 6.61 Å². The van der Waals surface area contributed by atoms with Crippen LogP contribution in [0.4, 0.5) is 0 Å². The molecule has 0 N–H and O–H groups in total. The van der Waals surface area contributed by atoms with Gasteiger partial charge in [-0.15, -0.1) is 11.8 Å². The zero-order chi connectivity index (χ0) is 15.5. The third kappa shape index (κ3) is 3.97. The first kappa shape index (κ1) is 16.6. The molecule has 2 aromatic carbocycles. The van der Waals surface area contributed by atoms with Crippen molar-refractivity contribution in [1.82, 2.24) is 0 Å². The Labute approximate surface area is 162 Å². The number of nitrogens with zero attached hydrogens (tertiary/aromatic N) is 1. The van der Waals surface area contributed by atoms with Gasteiger partial charge < -0.3 is 4.74 Å². The predicted molar refractivity (Wildman–Crippen MR) is 111 cm³/mol. The van der Waals surface area contributed by atoms with Crippen LogP contribution >= 0.6 is 56.9 Å². The fourth-order valence-electron chi connectivity index (χ4n) is 2.17. The molecule has 3 rings (SSSR count). The van der Waals surface area contributed by atoms with E-state index in [1.807, 2.05) is 11.8 Å². The standard InChI is InChI=1S/C17H15I2NOS/c1-11-2-4-12(5-3-11)10-21-16-14(18)8-13(9-15(16)19)17-20-6-7-22-17/h2-5,8-9H,6-7,10H2,1H3. The van der Waals surface area contributed by atoms with E-state index in [1.54, 1.807) is 0 Å². The molecular weight excluding hydrogens is 520 g/mol. The van der Waals surface area contributed by atoms with E-state index in [2.05, 4.69) is 93.5 Å². The van der Waals surface area contributed by atoms with Gasteiger partial charge in [-0.2, -0.15) is 0 Å². The van der Waals surface area contributed by atoms with Gasteiger partial charge in [0.25, 0.3) is 0 Å². The van der Waals surface area contributed by atoms with Crippen molar-refractivity contribution in [3.63, 3.8) is 0 Å². The molecule has 0 amide bonds. The second kappa shape index (κ2) is 7.53. The highest BCUT2D eigenvalue weighted by Crippen LogP contribution is 2.32. The lowest BCUT2D eigenvalue weighted by atomic mass is 10.2. The molecule has 0 aromatic heterocycles. The van der Waals surface area contributed by atoms with Crippen molar-refractivity contribution in [3.8, 4) is 5.75 Å². The Bertz CT molecular complexity index is 690. The van der Waals surface area contributed by atoms with Gasteiger partial charge >= 0.3 is 0 Å². The highest BCUT2D eigenvalue weighted by atomic mass is 127. The highest BCUT2D eigenvalue weighted by Gasteiger charge is 2.15. The minimum absolute atomic E-state index is 0.599. The van der Waals surface area contributed by atoms with Crippen LogP contribution in [0.1, 0.15) is 16.7 Å². The van der Waals surface area contributed by atoms with Gasteiger partial charge in [-0.1, -0.05) is 29.8 Å². The van der Waals surface area contributed by atoms with Crippen molar-refractivity contribution < 1.29 is 4.74 Å². The van der Waals surface area contributed by atoms with Crippen LogP contribution in [0.2, 0.25) is 0 Å². The molecule has 0 saturated carbocycles. The largest absolute Gasteiger partial charge is 0.487 e. The van der Waals surface area contributed by atoms with Gasteiger partial charge in [0.2, 0.25) is 0 Å². The summed E-state index contributed by atoms with van der Waals surface area (Å²) in [4.78, 5) is 4.55. The fourth-order valence-corrected chi connectivity index (χ4v) is 5.09. The van der Waals surface area contributed by atoms with Crippen molar-refractivity contribution in [2.24, 2.45) is 4.99 Å². The Balaban J connectivity index is 1.77. The third-order valence-corrected chi connectivity index (χ3v) is 5.96. The summed E-state index contributed by atoms with van der Waals surface area (Å²) < 4.78 is 8.33. The van der Waals surface area contributed by atoms with Gasteiger partial charge in [-0.3, -0.25) is 4.99 Å². The Morgan fingerprint density at radius 3 is 2.41 bits per heavy atom. The second-order valence-corrected chi connectivity index (χ2v) is 8.49. The molecule has 114 valence electrons. The van der Waals surface area contributed by atoms with E-state index in [1.165, 1.54) is 16.7 Å². The average molecular weight is 535 g/mol. The molecule has 5 heteroatoms. The molecule has 22 heavy (non-hydrogen) atoms. The molecular formula is C17H15I2NOS. The zero-order valence-corrected chi connectivity index (χ0v) is 17.2. The number of hydrogen-bond donors (Lipinski definition) is 0. The quantitative estimate of drug-likeness (QED) is 0.498. The van der Waals surface area contributed by atoms with Crippen molar-refractivity contribution in [2.45, 2.75) is 13.5 Å². The summed E-state index contributed by atoms with van der Waals surface area (Å²) in [6.45, 7) is 3.62. The SMILES string of the molecule is Cc1ccc(COc2c(I)cc(C3=NCCS3)cc2I)cc1. The maximum atomic E-state index is 6.05. The molecule has 0 saturated heterocycles. The van der Waals surface area contributed by atoms with Gasteiger partial charge in [0.15, 0.2) is 0 Å². The third-order valence-electron chi connectivity index (χ3n) is 3.33. The molecule has 2 nitrogen and oxygen atoms in total. The number of thioether (sulfide) groups is 1. The summed E-state index contributed by atoms with van der Waals surface area (Å²) in [6.07, 6.45) is 0. The summed E-state index contributed by atoms with van der Waals surface area (Å²) in [7, 11) is 0. The maximum absolute atomic E-state index is 6.05. The molecule has 0 fully saturated rings. The minimum Gasteiger partial charge on any atom is -0.487 e. The summed E-state index contributed by atoms with van der Waals surface area (Å²) >= 11 is 6.54. The van der Waals surface area contributed by atoms with E-state index in [0.717, 1.165) is 30.2 Å². The first-order chi connectivity index (χ1) is 10.6. The molecule has 0 atom stereocenters. The number of hydrogen-bond acceptors (Lipinski definition) is 3. The number of rotatable bonds is 4. The maximum Gasteiger partial charge on any atom is 0.146 e. The van der Waals surface area contributed by atoms with Crippen molar-refractivity contribution in [3.05, 3.63) is 60.2 Å². The highest BCUT2D eigenvalue weighted by molar-refractivity contribution is 14.1. The van der Waals surface area contributed by atoms with E-state index >= 15 is 0 Å². The number of aliphatic imine (C=N–C) groups is 1. The van der Waals surface area contributed by atoms with Crippen LogP contribution < -0.4 is 4.74 Å². The van der Waals surface area contributed by atoms with E-state index in [0.29, 0.717) is 6.61 Å². The van der Waals surface area contributed by atoms with E-state index < -0.39 is 0 Å². The lowest BCUT2D eigenvalue weighted by Gasteiger charge is -2.12. The van der Waals surface area contributed by atoms with Crippen molar-refractivity contribution >= 4 is 62.0 Å². The van der Waals surface area contributed by atoms with Crippen LogP contribution in [0.5, 0.6) is 5.75 Å². The Hall–Kier alpha value is -0.280. The molecule has 0 bridgehead atoms. The Kier molecular flexibility index (Phi) is 5.67. The summed E-state index contributed by atoms with van der Waals surface area (Å²) in [5.41, 5.74) is 3.67. The number of aryl methyl sites for hydroxylation is 1. The van der Waals surface area contributed by atoms with Gasteiger partial charge in [-0.05, 0) is 69.8 Å². The van der Waals surface area contributed by atoms with Crippen LogP contribution in [-0.4, -0.2) is 17.3 Å². The van der Waals surface area contributed by atoms with Crippen LogP contribution in [0, 0.1) is 14.1 Å². The van der Waals surface area contributed by atoms with Crippen molar-refractivity contribution in [2.75, 3.05) is 12.3 Å². The van der Waals surface area contributed by atoms with Crippen LogP contribution in [0.15, 0.2) is 41.4 Å². The molecule has 0 unspecified atom stereocenters. The predicted octanol–water partition coefficient (Wildman–Crippen LogP) is 5.28. The molecule has 2 aromatic rings. The van der Waals surface area contributed by atoms with Gasteiger partial charge in [0.05, 0.1) is 12.2 Å². The Morgan fingerprint density at radius 1 is 1.14 bits per heavy atom. The number of benzene rings is 2. The van der Waals surface area contributed by atoms with E-state index in [9.17, 15) is 0 Å². The first-order valence-corrected chi connectivity index (χ1v) is 10.1. The second-order valence-electron chi connectivity index (χ2n) is 5.08. The summed E-state index contributed by atoms with van der Waals surface area (Å²) in [6, 6.07) is 12.8. The number of halogens is 2. The monoisotopic (exact) mass is 535 g/mol. The number of ether oxygens (including phenoxy) is 1.